The summed E-state index contributed by atoms with van der Waals surface area (Å²) < 4.78 is 5.30. The number of aryl methyl sites for hydroxylation is 1. The van der Waals surface area contributed by atoms with Crippen molar-refractivity contribution in [1.29, 1.82) is 5.26 Å². The molecule has 0 bridgehead atoms. The standard InChI is InChI=1S/C23H24N4O4/c24-17-20(23(28)25-10-4-7-18-5-2-1-3-6-18)15-19-8-9-21(22(16-19)27(29)30)26-11-13-31-14-12-26/h1-3,5-6,8-9,15-16H,4,7,10-14H2,(H,25,28)/b20-15-. The van der Waals surface area contributed by atoms with Crippen molar-refractivity contribution in [2.75, 3.05) is 37.7 Å². The van der Waals surface area contributed by atoms with Gasteiger partial charge in [0.15, 0.2) is 0 Å². The van der Waals surface area contributed by atoms with E-state index in [1.54, 1.807) is 12.1 Å². The van der Waals surface area contributed by atoms with E-state index in [2.05, 4.69) is 5.32 Å². The monoisotopic (exact) mass is 420 g/mol. The summed E-state index contributed by atoms with van der Waals surface area (Å²) in [7, 11) is 0. The Morgan fingerprint density at radius 3 is 2.65 bits per heavy atom. The SMILES string of the molecule is N#C/C(=C/c1ccc(N2CCOCC2)c([N+](=O)[O-])c1)C(=O)NCCCc1ccccc1. The molecule has 3 rings (SSSR count). The molecule has 8 heteroatoms. The molecule has 160 valence electrons. The van der Waals surface area contributed by atoms with Gasteiger partial charge < -0.3 is 15.0 Å². The van der Waals surface area contributed by atoms with E-state index < -0.39 is 10.8 Å². The molecule has 1 amide bonds. The Hall–Kier alpha value is -3.70. The zero-order valence-electron chi connectivity index (χ0n) is 17.1. The summed E-state index contributed by atoms with van der Waals surface area (Å²) in [5.74, 6) is -0.490. The molecule has 1 heterocycles. The highest BCUT2D eigenvalue weighted by molar-refractivity contribution is 6.01. The summed E-state index contributed by atoms with van der Waals surface area (Å²) in [4.78, 5) is 25.4. The Kier molecular flexibility index (Phi) is 7.73. The first kappa shape index (κ1) is 22.0. The molecule has 8 nitrogen and oxygen atoms in total. The van der Waals surface area contributed by atoms with Crippen molar-refractivity contribution >= 4 is 23.4 Å². The molecule has 0 radical (unpaired) electrons. The fraction of sp³-hybridized carbons (Fsp3) is 0.304. The van der Waals surface area contributed by atoms with Gasteiger partial charge in [-0.3, -0.25) is 14.9 Å². The molecule has 0 atom stereocenters. The number of carbonyl (C=O) groups is 1. The molecule has 2 aromatic carbocycles. The van der Waals surface area contributed by atoms with E-state index in [0.717, 1.165) is 12.8 Å². The van der Waals surface area contributed by atoms with Crippen LogP contribution in [0.3, 0.4) is 0 Å². The van der Waals surface area contributed by atoms with Crippen LogP contribution in [0.2, 0.25) is 0 Å². The minimum absolute atomic E-state index is 0.0591. The summed E-state index contributed by atoms with van der Waals surface area (Å²) >= 11 is 0. The van der Waals surface area contributed by atoms with Crippen molar-refractivity contribution in [1.82, 2.24) is 5.32 Å². The van der Waals surface area contributed by atoms with E-state index in [1.165, 1.54) is 17.7 Å². The molecule has 0 aromatic heterocycles. The number of hydrogen-bond acceptors (Lipinski definition) is 6. The number of rotatable bonds is 8. The van der Waals surface area contributed by atoms with E-state index in [1.807, 2.05) is 41.3 Å². The number of ether oxygens (including phenoxy) is 1. The molecule has 0 saturated carbocycles. The summed E-state index contributed by atoms with van der Waals surface area (Å²) in [6.07, 6.45) is 2.94. The second-order valence-corrected chi connectivity index (χ2v) is 7.12. The van der Waals surface area contributed by atoms with Crippen molar-refractivity contribution in [3.63, 3.8) is 0 Å². The minimum atomic E-state index is -0.490. The number of amides is 1. The average molecular weight is 420 g/mol. The van der Waals surface area contributed by atoms with Gasteiger partial charge in [-0.05, 0) is 36.1 Å². The van der Waals surface area contributed by atoms with Gasteiger partial charge in [0.25, 0.3) is 11.6 Å². The van der Waals surface area contributed by atoms with Gasteiger partial charge >= 0.3 is 0 Å². The number of nitro groups is 1. The lowest BCUT2D eigenvalue weighted by molar-refractivity contribution is -0.384. The van der Waals surface area contributed by atoms with Crippen molar-refractivity contribution < 1.29 is 14.5 Å². The summed E-state index contributed by atoms with van der Waals surface area (Å²) in [6.45, 7) is 2.61. The second kappa shape index (κ2) is 10.9. The zero-order chi connectivity index (χ0) is 22.1. The number of hydrogen-bond donors (Lipinski definition) is 1. The number of benzene rings is 2. The maximum atomic E-state index is 12.4. The first-order valence-electron chi connectivity index (χ1n) is 10.1. The van der Waals surface area contributed by atoms with Crippen molar-refractivity contribution in [3.05, 3.63) is 75.3 Å². The van der Waals surface area contributed by atoms with Gasteiger partial charge in [0.2, 0.25) is 0 Å². The molecule has 1 fully saturated rings. The van der Waals surface area contributed by atoms with Crippen LogP contribution in [0.4, 0.5) is 11.4 Å². The number of anilines is 1. The van der Waals surface area contributed by atoms with Gasteiger partial charge in [-0.1, -0.05) is 36.4 Å². The largest absolute Gasteiger partial charge is 0.378 e. The van der Waals surface area contributed by atoms with Crippen molar-refractivity contribution in [2.45, 2.75) is 12.8 Å². The first-order valence-corrected chi connectivity index (χ1v) is 10.1. The molecule has 31 heavy (non-hydrogen) atoms. The summed E-state index contributed by atoms with van der Waals surface area (Å²) in [6, 6.07) is 16.5. The Morgan fingerprint density at radius 1 is 1.23 bits per heavy atom. The first-order chi connectivity index (χ1) is 15.1. The van der Waals surface area contributed by atoms with E-state index >= 15 is 0 Å². The van der Waals surface area contributed by atoms with E-state index in [4.69, 9.17) is 4.74 Å². The predicted octanol–water partition coefficient (Wildman–Crippen LogP) is 3.09. The molecule has 0 unspecified atom stereocenters. The lowest BCUT2D eigenvalue weighted by atomic mass is 10.1. The number of nitrogens with one attached hydrogen (secondary N) is 1. The van der Waals surface area contributed by atoms with Gasteiger partial charge in [-0.2, -0.15) is 5.26 Å². The normalized spacial score (nSPS) is 14.0. The summed E-state index contributed by atoms with van der Waals surface area (Å²) in [5.41, 5.74) is 1.97. The van der Waals surface area contributed by atoms with Crippen LogP contribution in [0.5, 0.6) is 0 Å². The molecule has 0 spiro atoms. The number of nitrogens with zero attached hydrogens (tertiary/aromatic N) is 3. The van der Waals surface area contributed by atoms with Gasteiger partial charge in [0.1, 0.15) is 17.3 Å². The molecule has 0 aliphatic carbocycles. The molecular weight excluding hydrogens is 396 g/mol. The maximum Gasteiger partial charge on any atom is 0.293 e. The molecule has 1 saturated heterocycles. The highest BCUT2D eigenvalue weighted by atomic mass is 16.6. The van der Waals surface area contributed by atoms with Crippen LogP contribution in [-0.4, -0.2) is 43.7 Å². The third-order valence-corrected chi connectivity index (χ3v) is 4.99. The fourth-order valence-corrected chi connectivity index (χ4v) is 3.40. The van der Waals surface area contributed by atoms with E-state index in [0.29, 0.717) is 44.1 Å². The lowest BCUT2D eigenvalue weighted by Crippen LogP contribution is -2.36. The molecule has 1 aliphatic heterocycles. The van der Waals surface area contributed by atoms with Crippen LogP contribution in [0.25, 0.3) is 6.08 Å². The number of nitriles is 1. The molecule has 1 aliphatic rings. The molecular formula is C23H24N4O4. The van der Waals surface area contributed by atoms with Crippen molar-refractivity contribution in [3.8, 4) is 6.07 Å². The van der Waals surface area contributed by atoms with Crippen molar-refractivity contribution in [2.24, 2.45) is 0 Å². The zero-order valence-corrected chi connectivity index (χ0v) is 17.1. The van der Waals surface area contributed by atoms with Crippen LogP contribution >= 0.6 is 0 Å². The fourth-order valence-electron chi connectivity index (χ4n) is 3.40. The predicted molar refractivity (Wildman–Crippen MR) is 117 cm³/mol. The highest BCUT2D eigenvalue weighted by Gasteiger charge is 2.22. The lowest BCUT2D eigenvalue weighted by Gasteiger charge is -2.28. The third kappa shape index (κ3) is 6.14. The second-order valence-electron chi connectivity index (χ2n) is 7.12. The van der Waals surface area contributed by atoms with Gasteiger partial charge in [0, 0.05) is 25.7 Å². The number of morpholine rings is 1. The Bertz CT molecular complexity index is 992. The van der Waals surface area contributed by atoms with Crippen LogP contribution in [0.1, 0.15) is 17.5 Å². The van der Waals surface area contributed by atoms with Crippen LogP contribution < -0.4 is 10.2 Å². The average Bonchev–Trinajstić information content (AvgIpc) is 2.81. The van der Waals surface area contributed by atoms with Crippen LogP contribution in [-0.2, 0) is 16.0 Å². The van der Waals surface area contributed by atoms with Gasteiger partial charge in [0.05, 0.1) is 18.1 Å². The van der Waals surface area contributed by atoms with Crippen LogP contribution in [0, 0.1) is 21.4 Å². The Labute approximate surface area is 180 Å². The third-order valence-electron chi connectivity index (χ3n) is 4.99. The van der Waals surface area contributed by atoms with Gasteiger partial charge in [-0.15, -0.1) is 0 Å². The van der Waals surface area contributed by atoms with Gasteiger partial charge in [-0.25, -0.2) is 0 Å². The molecule has 1 N–H and O–H groups in total. The van der Waals surface area contributed by atoms with E-state index in [9.17, 15) is 20.2 Å². The van der Waals surface area contributed by atoms with Crippen LogP contribution in [0.15, 0.2) is 54.1 Å². The highest BCUT2D eigenvalue weighted by Crippen LogP contribution is 2.30. The Morgan fingerprint density at radius 2 is 1.97 bits per heavy atom. The number of nitro benzene ring substituents is 1. The Balaban J connectivity index is 1.66. The summed E-state index contributed by atoms with van der Waals surface area (Å²) in [5, 5.41) is 23.7. The number of carbonyl (C=O) groups excluding carboxylic acids is 1. The minimum Gasteiger partial charge on any atom is -0.378 e. The quantitative estimate of drug-likeness (QED) is 0.231. The topological polar surface area (TPSA) is 108 Å². The smallest absolute Gasteiger partial charge is 0.293 e. The maximum absolute atomic E-state index is 12.4. The van der Waals surface area contributed by atoms with E-state index in [-0.39, 0.29) is 11.3 Å². The molecule has 2 aromatic rings.